The van der Waals surface area contributed by atoms with E-state index in [4.69, 9.17) is 0 Å². The van der Waals surface area contributed by atoms with Gasteiger partial charge in [-0.15, -0.1) is 10.2 Å². The van der Waals surface area contributed by atoms with Crippen molar-refractivity contribution in [2.24, 2.45) is 0 Å². The molecule has 0 aliphatic heterocycles. The molecule has 0 atom stereocenters. The minimum absolute atomic E-state index is 0.297. The molecule has 0 saturated carbocycles. The Morgan fingerprint density at radius 3 is 2.68 bits per heavy atom. The molecule has 0 aliphatic carbocycles. The largest absolute Gasteiger partial charge is 0.234 e. The van der Waals surface area contributed by atoms with E-state index >= 15 is 0 Å². The van der Waals surface area contributed by atoms with Crippen LogP contribution in [0, 0.1) is 5.82 Å². The number of aromatic nitrogens is 4. The molecule has 0 bridgehead atoms. The summed E-state index contributed by atoms with van der Waals surface area (Å²) in [6.07, 6.45) is 0.747. The molecule has 0 radical (unpaired) electrons. The maximum Gasteiger partial charge on any atom is 0.234 e. The molecule has 6 heteroatoms. The fraction of sp³-hybridized carbons (Fsp3) is 0.0625. The van der Waals surface area contributed by atoms with Crippen molar-refractivity contribution in [3.63, 3.8) is 0 Å². The Bertz CT molecular complexity index is 930. The van der Waals surface area contributed by atoms with Gasteiger partial charge in [0, 0.05) is 12.0 Å². The summed E-state index contributed by atoms with van der Waals surface area (Å²) in [5.74, 6) is 0.263. The minimum atomic E-state index is -0.297. The van der Waals surface area contributed by atoms with Gasteiger partial charge in [0.1, 0.15) is 10.8 Å². The third-order valence-corrected chi connectivity index (χ3v) is 4.21. The summed E-state index contributed by atoms with van der Waals surface area (Å²) in [5, 5.41) is 13.8. The molecule has 22 heavy (non-hydrogen) atoms. The smallest absolute Gasteiger partial charge is 0.207 e. The lowest BCUT2D eigenvalue weighted by Gasteiger charge is -1.97. The van der Waals surface area contributed by atoms with Crippen LogP contribution in [-0.4, -0.2) is 19.8 Å². The van der Waals surface area contributed by atoms with E-state index in [0.717, 1.165) is 11.4 Å². The van der Waals surface area contributed by atoms with Crippen LogP contribution < -0.4 is 0 Å². The van der Waals surface area contributed by atoms with Crippen molar-refractivity contribution in [1.29, 1.82) is 0 Å². The molecule has 2 aromatic carbocycles. The highest BCUT2D eigenvalue weighted by atomic mass is 32.1. The molecule has 0 amide bonds. The van der Waals surface area contributed by atoms with E-state index in [1.54, 1.807) is 16.6 Å². The van der Waals surface area contributed by atoms with Gasteiger partial charge in [-0.05, 0) is 17.7 Å². The fourth-order valence-corrected chi connectivity index (χ4v) is 3.17. The number of hydrogen-bond acceptors (Lipinski definition) is 4. The molecule has 108 valence electrons. The number of halogens is 1. The topological polar surface area (TPSA) is 43.1 Å². The van der Waals surface area contributed by atoms with E-state index in [-0.39, 0.29) is 5.82 Å². The summed E-state index contributed by atoms with van der Waals surface area (Å²) in [4.78, 5) is 0.713. The molecule has 4 nitrogen and oxygen atoms in total. The second-order valence-corrected chi connectivity index (χ2v) is 5.93. The van der Waals surface area contributed by atoms with Crippen LogP contribution in [0.5, 0.6) is 0 Å². The zero-order valence-corrected chi connectivity index (χ0v) is 12.3. The predicted octanol–water partition coefficient (Wildman–Crippen LogP) is 3.58. The van der Waals surface area contributed by atoms with Gasteiger partial charge in [0.15, 0.2) is 5.82 Å². The maximum absolute atomic E-state index is 13.4. The van der Waals surface area contributed by atoms with Gasteiger partial charge in [-0.25, -0.2) is 4.39 Å². The van der Waals surface area contributed by atoms with Gasteiger partial charge in [0.25, 0.3) is 0 Å². The van der Waals surface area contributed by atoms with Gasteiger partial charge in [-0.1, -0.05) is 53.8 Å². The summed E-state index contributed by atoms with van der Waals surface area (Å²) in [7, 11) is 0. The number of hydrogen-bond donors (Lipinski definition) is 0. The zero-order chi connectivity index (χ0) is 14.9. The molecule has 0 saturated heterocycles. The SMILES string of the molecule is Fc1cccc(-c2nnc3sc(Cc4ccccc4)nn23)c1. The Kier molecular flexibility index (Phi) is 3.16. The van der Waals surface area contributed by atoms with Gasteiger partial charge < -0.3 is 0 Å². The van der Waals surface area contributed by atoms with Gasteiger partial charge in [-0.2, -0.15) is 9.61 Å². The molecule has 4 aromatic rings. The summed E-state index contributed by atoms with van der Waals surface area (Å²) in [6, 6.07) is 16.4. The maximum atomic E-state index is 13.4. The number of fused-ring (bicyclic) bond motifs is 1. The quantitative estimate of drug-likeness (QED) is 0.581. The van der Waals surface area contributed by atoms with Crippen LogP contribution in [0.4, 0.5) is 4.39 Å². The van der Waals surface area contributed by atoms with Crippen LogP contribution in [0.3, 0.4) is 0 Å². The first-order valence-electron chi connectivity index (χ1n) is 6.80. The van der Waals surface area contributed by atoms with Crippen LogP contribution in [0.2, 0.25) is 0 Å². The molecule has 0 fully saturated rings. The van der Waals surface area contributed by atoms with Crippen molar-refractivity contribution >= 4 is 16.3 Å². The molecule has 0 aliphatic rings. The first kappa shape index (κ1) is 13.1. The van der Waals surface area contributed by atoms with E-state index in [1.165, 1.54) is 29.0 Å². The van der Waals surface area contributed by atoms with Crippen LogP contribution in [0.1, 0.15) is 10.6 Å². The predicted molar refractivity (Wildman–Crippen MR) is 83.3 cm³/mol. The Balaban J connectivity index is 1.73. The van der Waals surface area contributed by atoms with Gasteiger partial charge in [0.05, 0.1) is 0 Å². The van der Waals surface area contributed by atoms with Gasteiger partial charge >= 0.3 is 0 Å². The second kappa shape index (κ2) is 5.31. The van der Waals surface area contributed by atoms with E-state index < -0.39 is 0 Å². The van der Waals surface area contributed by atoms with Crippen LogP contribution in [0.25, 0.3) is 16.3 Å². The normalized spacial score (nSPS) is 11.1. The molecular weight excluding hydrogens is 299 g/mol. The Morgan fingerprint density at radius 1 is 1.00 bits per heavy atom. The Morgan fingerprint density at radius 2 is 1.86 bits per heavy atom. The van der Waals surface area contributed by atoms with E-state index in [0.29, 0.717) is 16.3 Å². The van der Waals surface area contributed by atoms with Crippen LogP contribution in [0.15, 0.2) is 54.6 Å². The highest BCUT2D eigenvalue weighted by Crippen LogP contribution is 2.23. The molecule has 0 spiro atoms. The van der Waals surface area contributed by atoms with E-state index in [9.17, 15) is 4.39 Å². The third kappa shape index (κ3) is 2.37. The number of rotatable bonds is 3. The zero-order valence-electron chi connectivity index (χ0n) is 11.5. The second-order valence-electron chi connectivity index (χ2n) is 4.89. The standard InChI is InChI=1S/C16H11FN4S/c17-13-8-4-7-12(10-13)15-18-19-16-21(15)20-14(22-16)9-11-5-2-1-3-6-11/h1-8,10H,9H2. The molecular formula is C16H11FN4S. The minimum Gasteiger partial charge on any atom is -0.207 e. The highest BCUT2D eigenvalue weighted by molar-refractivity contribution is 7.16. The number of nitrogens with zero attached hydrogens (tertiary/aromatic N) is 4. The molecule has 0 unspecified atom stereocenters. The van der Waals surface area contributed by atoms with Gasteiger partial charge in [-0.3, -0.25) is 0 Å². The van der Waals surface area contributed by atoms with Gasteiger partial charge in [0.2, 0.25) is 4.96 Å². The number of benzene rings is 2. The highest BCUT2D eigenvalue weighted by Gasteiger charge is 2.14. The third-order valence-electron chi connectivity index (χ3n) is 3.31. The molecule has 4 rings (SSSR count). The first-order chi connectivity index (χ1) is 10.8. The molecule has 0 N–H and O–H groups in total. The molecule has 2 heterocycles. The lowest BCUT2D eigenvalue weighted by Crippen LogP contribution is -1.93. The van der Waals surface area contributed by atoms with Crippen LogP contribution >= 0.6 is 11.3 Å². The van der Waals surface area contributed by atoms with Crippen molar-refractivity contribution in [3.05, 3.63) is 71.0 Å². The van der Waals surface area contributed by atoms with Crippen molar-refractivity contribution in [2.75, 3.05) is 0 Å². The van der Waals surface area contributed by atoms with Crippen molar-refractivity contribution < 1.29 is 4.39 Å². The average Bonchev–Trinajstić information content (AvgIpc) is 3.08. The molecule has 2 aromatic heterocycles. The average molecular weight is 310 g/mol. The van der Waals surface area contributed by atoms with E-state index in [1.807, 2.05) is 18.2 Å². The lowest BCUT2D eigenvalue weighted by atomic mass is 10.2. The Labute approximate surface area is 129 Å². The summed E-state index contributed by atoms with van der Waals surface area (Å²) in [5.41, 5.74) is 1.86. The Hall–Kier alpha value is -2.60. The van der Waals surface area contributed by atoms with Crippen molar-refractivity contribution in [1.82, 2.24) is 19.8 Å². The van der Waals surface area contributed by atoms with Crippen molar-refractivity contribution in [2.45, 2.75) is 6.42 Å². The summed E-state index contributed by atoms with van der Waals surface area (Å²) >= 11 is 1.50. The van der Waals surface area contributed by atoms with E-state index in [2.05, 4.69) is 27.4 Å². The summed E-state index contributed by atoms with van der Waals surface area (Å²) in [6.45, 7) is 0. The monoisotopic (exact) mass is 310 g/mol. The first-order valence-corrected chi connectivity index (χ1v) is 7.62. The van der Waals surface area contributed by atoms with Crippen molar-refractivity contribution in [3.8, 4) is 11.4 Å². The van der Waals surface area contributed by atoms with Crippen LogP contribution in [-0.2, 0) is 6.42 Å². The lowest BCUT2D eigenvalue weighted by molar-refractivity contribution is 0.628. The fourth-order valence-electron chi connectivity index (χ4n) is 2.31. The summed E-state index contributed by atoms with van der Waals surface area (Å²) < 4.78 is 15.1.